The van der Waals surface area contributed by atoms with Gasteiger partial charge in [-0.3, -0.25) is 14.4 Å². The van der Waals surface area contributed by atoms with Gasteiger partial charge in [0.05, 0.1) is 5.92 Å². The van der Waals surface area contributed by atoms with Crippen LogP contribution >= 0.6 is 22.9 Å². The van der Waals surface area contributed by atoms with Crippen molar-refractivity contribution in [3.8, 4) is 0 Å². The van der Waals surface area contributed by atoms with Gasteiger partial charge in [0, 0.05) is 30.3 Å². The molecule has 2 N–H and O–H groups in total. The van der Waals surface area contributed by atoms with E-state index in [9.17, 15) is 14.4 Å². The zero-order valence-corrected chi connectivity index (χ0v) is 19.1. The monoisotopic (exact) mass is 463 g/mol. The smallest absolute Gasteiger partial charge is 0.286 e. The fourth-order valence-corrected chi connectivity index (χ4v) is 4.09. The average Bonchev–Trinajstić information content (AvgIpc) is 3.25. The molecule has 166 valence electrons. The van der Waals surface area contributed by atoms with Crippen LogP contribution in [-0.2, 0) is 4.79 Å². The molecule has 10 heteroatoms. The summed E-state index contributed by atoms with van der Waals surface area (Å²) >= 11 is 6.78. The highest BCUT2D eigenvalue weighted by Gasteiger charge is 2.30. The van der Waals surface area contributed by atoms with Gasteiger partial charge in [-0.1, -0.05) is 36.8 Å². The highest BCUT2D eigenvalue weighted by Crippen LogP contribution is 2.21. The quantitative estimate of drug-likeness (QED) is 0.654. The van der Waals surface area contributed by atoms with Gasteiger partial charge in [-0.15, -0.1) is 10.2 Å². The Morgan fingerprint density at radius 1 is 1.19 bits per heavy atom. The number of carbonyl (C=O) groups is 3. The molecule has 0 bridgehead atoms. The lowest BCUT2D eigenvalue weighted by Gasteiger charge is -2.31. The van der Waals surface area contributed by atoms with Gasteiger partial charge in [-0.05, 0) is 49.4 Å². The summed E-state index contributed by atoms with van der Waals surface area (Å²) in [6.07, 6.45) is 2.42. The van der Waals surface area contributed by atoms with Crippen molar-refractivity contribution in [1.82, 2.24) is 20.4 Å². The zero-order chi connectivity index (χ0) is 22.4. The van der Waals surface area contributed by atoms with E-state index >= 15 is 0 Å². The number of halogens is 1. The van der Waals surface area contributed by atoms with Crippen molar-refractivity contribution in [3.63, 3.8) is 0 Å². The predicted molar refractivity (Wildman–Crippen MR) is 120 cm³/mol. The van der Waals surface area contributed by atoms with Gasteiger partial charge in [0.25, 0.3) is 11.8 Å². The van der Waals surface area contributed by atoms with Crippen LogP contribution in [-0.4, -0.2) is 52.5 Å². The van der Waals surface area contributed by atoms with E-state index in [2.05, 4.69) is 34.7 Å². The van der Waals surface area contributed by atoms with Crippen LogP contribution in [0.5, 0.6) is 0 Å². The Labute approximate surface area is 190 Å². The minimum absolute atomic E-state index is 0.0153. The highest BCUT2D eigenvalue weighted by atomic mass is 35.5. The lowest BCUT2D eigenvalue weighted by molar-refractivity contribution is -0.126. The maximum absolute atomic E-state index is 12.9. The fraction of sp³-hybridized carbons (Fsp3) is 0.476. The lowest BCUT2D eigenvalue weighted by Crippen LogP contribution is -2.45. The summed E-state index contributed by atoms with van der Waals surface area (Å²) in [5.41, 5.74) is 0.569. The zero-order valence-electron chi connectivity index (χ0n) is 17.6. The first-order chi connectivity index (χ1) is 14.8. The van der Waals surface area contributed by atoms with Crippen molar-refractivity contribution in [3.05, 3.63) is 39.3 Å². The van der Waals surface area contributed by atoms with Gasteiger partial charge < -0.3 is 15.5 Å². The molecular weight excluding hydrogens is 438 g/mol. The fourth-order valence-electron chi connectivity index (χ4n) is 3.26. The molecular formula is C21H26ClN5O3S. The number of likely N-dealkylation sites (tertiary alicyclic amines) is 1. The Morgan fingerprint density at radius 3 is 2.61 bits per heavy atom. The van der Waals surface area contributed by atoms with Crippen molar-refractivity contribution >= 4 is 46.3 Å². The van der Waals surface area contributed by atoms with Crippen LogP contribution < -0.4 is 10.6 Å². The molecule has 2 heterocycles. The normalized spacial score (nSPS) is 16.3. The van der Waals surface area contributed by atoms with E-state index in [4.69, 9.17) is 11.6 Å². The van der Waals surface area contributed by atoms with Crippen LogP contribution in [0, 0.1) is 11.8 Å². The summed E-state index contributed by atoms with van der Waals surface area (Å²) in [5.74, 6) is -0.472. The molecule has 1 aliphatic heterocycles. The van der Waals surface area contributed by atoms with Crippen molar-refractivity contribution < 1.29 is 14.4 Å². The second-order valence-corrected chi connectivity index (χ2v) is 9.35. The minimum atomic E-state index is -0.445. The molecule has 2 aromatic rings. The highest BCUT2D eigenvalue weighted by molar-refractivity contribution is 7.15. The van der Waals surface area contributed by atoms with Crippen molar-refractivity contribution in [2.24, 2.45) is 11.8 Å². The third-order valence-corrected chi connectivity index (χ3v) is 6.17. The van der Waals surface area contributed by atoms with Gasteiger partial charge in [0.1, 0.15) is 0 Å². The predicted octanol–water partition coefficient (Wildman–Crippen LogP) is 3.46. The van der Waals surface area contributed by atoms with Crippen LogP contribution in [0.1, 0.15) is 52.7 Å². The first kappa shape index (κ1) is 23.1. The Kier molecular flexibility index (Phi) is 7.97. The molecule has 1 aliphatic rings. The molecule has 3 rings (SSSR count). The van der Waals surface area contributed by atoms with Crippen LogP contribution in [0.15, 0.2) is 24.3 Å². The van der Waals surface area contributed by atoms with E-state index in [0.29, 0.717) is 36.3 Å². The molecule has 0 aliphatic carbocycles. The summed E-state index contributed by atoms with van der Waals surface area (Å²) < 4.78 is 0. The second-order valence-electron chi connectivity index (χ2n) is 7.94. The third-order valence-electron chi connectivity index (χ3n) is 5.00. The Bertz CT molecular complexity index is 931. The Balaban J connectivity index is 1.57. The first-order valence-electron chi connectivity index (χ1n) is 10.3. The number of amides is 3. The molecule has 1 atom stereocenters. The summed E-state index contributed by atoms with van der Waals surface area (Å²) in [4.78, 5) is 39.3. The summed E-state index contributed by atoms with van der Waals surface area (Å²) in [5, 5.41) is 14.2. The van der Waals surface area contributed by atoms with E-state index in [0.717, 1.165) is 30.6 Å². The van der Waals surface area contributed by atoms with Crippen LogP contribution in [0.2, 0.25) is 5.02 Å². The molecule has 0 spiro atoms. The minimum Gasteiger partial charge on any atom is -0.356 e. The number of hydrogen-bond acceptors (Lipinski definition) is 6. The number of hydrogen-bond donors (Lipinski definition) is 2. The Morgan fingerprint density at radius 2 is 1.90 bits per heavy atom. The maximum Gasteiger partial charge on any atom is 0.286 e. The number of benzene rings is 1. The average molecular weight is 464 g/mol. The molecule has 0 saturated carbocycles. The van der Waals surface area contributed by atoms with Gasteiger partial charge in [-0.25, -0.2) is 0 Å². The van der Waals surface area contributed by atoms with E-state index in [1.54, 1.807) is 29.2 Å². The molecule has 0 radical (unpaired) electrons. The van der Waals surface area contributed by atoms with E-state index in [1.165, 1.54) is 0 Å². The van der Waals surface area contributed by atoms with Crippen molar-refractivity contribution in [2.45, 2.75) is 33.1 Å². The summed E-state index contributed by atoms with van der Waals surface area (Å²) in [6.45, 7) is 5.76. The topological polar surface area (TPSA) is 104 Å². The molecule has 1 saturated heterocycles. The van der Waals surface area contributed by atoms with E-state index < -0.39 is 5.91 Å². The maximum atomic E-state index is 12.9. The second kappa shape index (κ2) is 10.7. The standard InChI is InChI=1S/C21H26ClN5O3S/c1-13(2)9-10-23-17(28)14-4-3-11-27(12-14)21(30)20-26-25-19(31-20)18(29)24-16-7-5-15(22)6-8-16/h5-8,13-14H,3-4,9-12H2,1-2H3,(H,23,28)(H,24,29)/t14-/m0/s1. The number of piperidine rings is 1. The Hall–Kier alpha value is -2.52. The molecule has 1 aromatic carbocycles. The van der Waals surface area contributed by atoms with Crippen LogP contribution in [0.25, 0.3) is 0 Å². The van der Waals surface area contributed by atoms with Crippen molar-refractivity contribution in [2.75, 3.05) is 25.0 Å². The van der Waals surface area contributed by atoms with E-state index in [1.807, 2.05) is 0 Å². The van der Waals surface area contributed by atoms with E-state index in [-0.39, 0.29) is 27.7 Å². The number of rotatable bonds is 7. The number of aromatic nitrogens is 2. The van der Waals surface area contributed by atoms with Crippen molar-refractivity contribution in [1.29, 1.82) is 0 Å². The van der Waals surface area contributed by atoms with Gasteiger partial charge >= 0.3 is 0 Å². The van der Waals surface area contributed by atoms with Gasteiger partial charge in [-0.2, -0.15) is 0 Å². The number of anilines is 1. The molecule has 31 heavy (non-hydrogen) atoms. The number of nitrogens with one attached hydrogen (secondary N) is 2. The van der Waals surface area contributed by atoms with Crippen LogP contribution in [0.4, 0.5) is 5.69 Å². The number of carbonyl (C=O) groups excluding carboxylic acids is 3. The number of nitrogens with zero attached hydrogens (tertiary/aromatic N) is 3. The van der Waals surface area contributed by atoms with Gasteiger partial charge in [0.2, 0.25) is 15.9 Å². The largest absolute Gasteiger partial charge is 0.356 e. The molecule has 3 amide bonds. The molecule has 0 unspecified atom stereocenters. The summed E-state index contributed by atoms with van der Waals surface area (Å²) in [7, 11) is 0. The lowest BCUT2D eigenvalue weighted by atomic mass is 9.97. The van der Waals surface area contributed by atoms with Crippen LogP contribution in [0.3, 0.4) is 0 Å². The molecule has 1 fully saturated rings. The third kappa shape index (κ3) is 6.48. The first-order valence-corrected chi connectivity index (χ1v) is 11.5. The van der Waals surface area contributed by atoms with Gasteiger partial charge in [0.15, 0.2) is 0 Å². The molecule has 1 aromatic heterocycles. The molecule has 8 nitrogen and oxygen atoms in total. The SMILES string of the molecule is CC(C)CCNC(=O)[C@H]1CCCN(C(=O)c2nnc(C(=O)Nc3ccc(Cl)cc3)s2)C1. The summed E-state index contributed by atoms with van der Waals surface area (Å²) in [6, 6.07) is 6.68.